The minimum Gasteiger partial charge on any atom is -0.544 e. The summed E-state index contributed by atoms with van der Waals surface area (Å²) < 4.78 is 6.15. The monoisotopic (exact) mass is 240 g/mol. The van der Waals surface area contributed by atoms with Gasteiger partial charge in [0, 0.05) is 0 Å². The second-order valence-corrected chi connectivity index (χ2v) is 10.3. The molecule has 1 aromatic carbocycles. The summed E-state index contributed by atoms with van der Waals surface area (Å²) in [5.41, 5.74) is 1.02. The van der Waals surface area contributed by atoms with Crippen molar-refractivity contribution in [3.8, 4) is 5.75 Å². The normalized spacial score (nSPS) is 11.6. The van der Waals surface area contributed by atoms with Crippen molar-refractivity contribution in [1.29, 1.82) is 0 Å². The molecule has 0 saturated carbocycles. The van der Waals surface area contributed by atoms with Crippen LogP contribution in [0.4, 0.5) is 0 Å². The molecule has 17 heavy (non-hydrogen) atoms. The minimum atomic E-state index is -1.71. The summed E-state index contributed by atoms with van der Waals surface area (Å²) in [4.78, 5) is 0. The predicted octanol–water partition coefficient (Wildman–Crippen LogP) is 1.52. The third-order valence-electron chi connectivity index (χ3n) is 3.25. The first-order valence-electron chi connectivity index (χ1n) is 5.60. The zero-order chi connectivity index (χ0) is 12.4. The first-order valence-corrected chi connectivity index (χ1v) is 8.51. The molecule has 0 heterocycles. The van der Waals surface area contributed by atoms with E-state index in [1.54, 1.807) is 6.08 Å². The quantitative estimate of drug-likeness (QED) is 0.575. The number of rotatable bonds is 3. The third kappa shape index (κ3) is 4.39. The van der Waals surface area contributed by atoms with E-state index in [1.807, 2.05) is 24.3 Å². The summed E-state index contributed by atoms with van der Waals surface area (Å²) in [5.74, 6) is 0.942. The van der Waals surface area contributed by atoms with Gasteiger partial charge >= 0.3 is 18.9 Å². The maximum atomic E-state index is 6.15. The summed E-state index contributed by atoms with van der Waals surface area (Å²) in [7, 11) is -1.71. The van der Waals surface area contributed by atoms with Gasteiger partial charge in [-0.3, -0.25) is 6.58 Å². The molecule has 1 nitrogen and oxygen atoms in total. The van der Waals surface area contributed by atoms with E-state index in [0.717, 1.165) is 11.3 Å². The molecule has 0 unspecified atom stereocenters. The third-order valence-corrected chi connectivity index (χ3v) is 7.61. The SMILES string of the molecule is [CH-]=Cc1ccc(O[Si](C)(C)C(C)(C)C)cc1.[Li+]. The molecule has 3 heteroatoms. The average Bonchev–Trinajstić information content (AvgIpc) is 2.16. The number of benzene rings is 1. The van der Waals surface area contributed by atoms with Crippen LogP contribution >= 0.6 is 0 Å². The van der Waals surface area contributed by atoms with Crippen LogP contribution in [0.3, 0.4) is 0 Å². The van der Waals surface area contributed by atoms with Crippen LogP contribution in [0.2, 0.25) is 18.1 Å². The molecule has 0 radical (unpaired) electrons. The Hall–Kier alpha value is -0.426. The summed E-state index contributed by atoms with van der Waals surface area (Å²) in [6.07, 6.45) is 1.59. The molecule has 0 spiro atoms. The van der Waals surface area contributed by atoms with Crippen molar-refractivity contribution >= 4 is 14.4 Å². The Kier molecular flexibility index (Phi) is 5.80. The molecule has 0 aliphatic carbocycles. The van der Waals surface area contributed by atoms with Gasteiger partial charge in [0.25, 0.3) is 0 Å². The first-order chi connectivity index (χ1) is 7.26. The molecule has 1 rings (SSSR count). The standard InChI is InChI=1S/C14H21OSi.Li/c1-7-12-8-10-13(11-9-12)15-16(5,6)14(2,3)4;/h1,7-11H,2-6H3;/q-1;+1. The van der Waals surface area contributed by atoms with Crippen molar-refractivity contribution in [2.45, 2.75) is 38.9 Å². The van der Waals surface area contributed by atoms with Gasteiger partial charge in [0.1, 0.15) is 0 Å². The van der Waals surface area contributed by atoms with Crippen LogP contribution in [0.25, 0.3) is 6.08 Å². The van der Waals surface area contributed by atoms with Gasteiger partial charge in [-0.25, -0.2) is 6.08 Å². The van der Waals surface area contributed by atoms with Crippen LogP contribution in [0.5, 0.6) is 5.75 Å². The minimum absolute atomic E-state index is 0. The van der Waals surface area contributed by atoms with Crippen molar-refractivity contribution in [2.24, 2.45) is 0 Å². The maximum absolute atomic E-state index is 6.15. The maximum Gasteiger partial charge on any atom is 1.00 e. The van der Waals surface area contributed by atoms with E-state index < -0.39 is 8.32 Å². The summed E-state index contributed by atoms with van der Waals surface area (Å²) in [6.45, 7) is 16.6. The van der Waals surface area contributed by atoms with Gasteiger partial charge in [-0.05, 0) is 30.3 Å². The molecule has 0 aromatic heterocycles. The van der Waals surface area contributed by atoms with Crippen LogP contribution in [0.15, 0.2) is 24.3 Å². The Morgan fingerprint density at radius 1 is 1.12 bits per heavy atom. The van der Waals surface area contributed by atoms with Crippen LogP contribution in [0.1, 0.15) is 26.3 Å². The second-order valence-electron chi connectivity index (χ2n) is 5.60. The first kappa shape index (κ1) is 16.6. The average molecular weight is 240 g/mol. The Balaban J connectivity index is 0.00000256. The Labute approximate surface area is 119 Å². The zero-order valence-electron chi connectivity index (χ0n) is 11.9. The zero-order valence-corrected chi connectivity index (χ0v) is 12.9. The van der Waals surface area contributed by atoms with E-state index in [1.165, 1.54) is 0 Å². The molecule has 0 amide bonds. The largest absolute Gasteiger partial charge is 1.00 e. The second kappa shape index (κ2) is 5.95. The van der Waals surface area contributed by atoms with Crippen LogP contribution in [-0.2, 0) is 0 Å². The van der Waals surface area contributed by atoms with Crippen molar-refractivity contribution in [3.05, 3.63) is 36.4 Å². The molecule has 0 bridgehead atoms. The summed E-state index contributed by atoms with van der Waals surface area (Å²) >= 11 is 0. The Bertz CT molecular complexity index is 363. The molecule has 1 aromatic rings. The fourth-order valence-corrected chi connectivity index (χ4v) is 2.13. The van der Waals surface area contributed by atoms with Gasteiger partial charge in [0.15, 0.2) is 0 Å². The van der Waals surface area contributed by atoms with E-state index in [-0.39, 0.29) is 23.9 Å². The van der Waals surface area contributed by atoms with Crippen LogP contribution in [0, 0.1) is 6.58 Å². The van der Waals surface area contributed by atoms with Crippen molar-refractivity contribution in [1.82, 2.24) is 0 Å². The van der Waals surface area contributed by atoms with E-state index in [4.69, 9.17) is 11.0 Å². The van der Waals surface area contributed by atoms with Crippen LogP contribution in [-0.4, -0.2) is 8.32 Å². The molecule has 0 aliphatic heterocycles. The topological polar surface area (TPSA) is 9.23 Å². The Morgan fingerprint density at radius 3 is 1.94 bits per heavy atom. The molecule has 0 N–H and O–H groups in total. The summed E-state index contributed by atoms with van der Waals surface area (Å²) in [5, 5.41) is 0.228. The molecule has 0 fully saturated rings. The van der Waals surface area contributed by atoms with Gasteiger partial charge < -0.3 is 4.43 Å². The van der Waals surface area contributed by atoms with Gasteiger partial charge in [-0.1, -0.05) is 20.8 Å². The number of hydrogen-bond donors (Lipinski definition) is 0. The molecule has 88 valence electrons. The van der Waals surface area contributed by atoms with Gasteiger partial charge in [0.2, 0.25) is 8.32 Å². The number of hydrogen-bond acceptors (Lipinski definition) is 1. The van der Waals surface area contributed by atoms with Crippen LogP contribution < -0.4 is 23.3 Å². The predicted molar refractivity (Wildman–Crippen MR) is 73.0 cm³/mol. The summed E-state index contributed by atoms with van der Waals surface area (Å²) in [6, 6.07) is 7.92. The van der Waals surface area contributed by atoms with Crippen molar-refractivity contribution in [3.63, 3.8) is 0 Å². The molecular weight excluding hydrogens is 219 g/mol. The molecular formula is C14H21LiOSi. The van der Waals surface area contributed by atoms with Gasteiger partial charge in [-0.2, -0.15) is 5.56 Å². The molecule has 0 saturated heterocycles. The van der Waals surface area contributed by atoms with Crippen molar-refractivity contribution in [2.75, 3.05) is 0 Å². The van der Waals surface area contributed by atoms with E-state index >= 15 is 0 Å². The van der Waals surface area contributed by atoms with Crippen molar-refractivity contribution < 1.29 is 23.3 Å². The van der Waals surface area contributed by atoms with E-state index in [0.29, 0.717) is 0 Å². The molecule has 0 aliphatic rings. The smallest absolute Gasteiger partial charge is 0.544 e. The van der Waals surface area contributed by atoms with E-state index in [9.17, 15) is 0 Å². The fourth-order valence-electron chi connectivity index (χ4n) is 1.09. The van der Waals surface area contributed by atoms with Gasteiger partial charge in [-0.15, -0.1) is 12.1 Å². The fraction of sp³-hybridized carbons (Fsp3) is 0.429. The van der Waals surface area contributed by atoms with Gasteiger partial charge in [0.05, 0.1) is 5.75 Å². The Morgan fingerprint density at radius 2 is 1.59 bits per heavy atom. The van der Waals surface area contributed by atoms with E-state index in [2.05, 4.69) is 33.9 Å². The molecule has 0 atom stereocenters.